The van der Waals surface area contributed by atoms with Crippen molar-refractivity contribution in [1.82, 2.24) is 4.73 Å². The van der Waals surface area contributed by atoms with Gasteiger partial charge in [-0.15, -0.1) is 0 Å². The number of urea groups is 1. The molecule has 0 fully saturated rings. The minimum Gasteiger partial charge on any atom is -0.429 e. The summed E-state index contributed by atoms with van der Waals surface area (Å²) in [6.07, 6.45) is 2.45. The predicted molar refractivity (Wildman–Crippen MR) is 62.5 cm³/mol. The lowest BCUT2D eigenvalue weighted by Crippen LogP contribution is -2.14. The van der Waals surface area contributed by atoms with Crippen LogP contribution in [0.2, 0.25) is 0 Å². The summed E-state index contributed by atoms with van der Waals surface area (Å²) in [6.45, 7) is 0. The summed E-state index contributed by atoms with van der Waals surface area (Å²) in [7, 11) is 0. The molecule has 0 atom stereocenters. The Balaban J connectivity index is 2.23. The van der Waals surface area contributed by atoms with Crippen LogP contribution < -0.4 is 10.7 Å². The highest BCUT2D eigenvalue weighted by Crippen LogP contribution is 2.19. The van der Waals surface area contributed by atoms with E-state index in [2.05, 4.69) is 4.99 Å². The minimum absolute atomic E-state index is 0.191. The third-order valence-electron chi connectivity index (χ3n) is 2.30. The van der Waals surface area contributed by atoms with Crippen LogP contribution in [0.25, 0.3) is 0 Å². The van der Waals surface area contributed by atoms with Crippen LogP contribution in [-0.2, 0) is 0 Å². The zero-order valence-electron chi connectivity index (χ0n) is 9.85. The summed E-state index contributed by atoms with van der Waals surface area (Å²) in [6, 6.07) is 3.24. The smallest absolute Gasteiger partial charge is 0.346 e. The van der Waals surface area contributed by atoms with Gasteiger partial charge in [0.25, 0.3) is 0 Å². The normalized spacial score (nSPS) is 10.2. The van der Waals surface area contributed by atoms with Crippen molar-refractivity contribution in [3.05, 3.63) is 59.5 Å². The van der Waals surface area contributed by atoms with Crippen LogP contribution in [0.4, 0.5) is 23.7 Å². The summed E-state index contributed by atoms with van der Waals surface area (Å²) < 4.78 is 39.7. The number of benzene rings is 1. The SMILES string of the molecule is O=C(N=c1ccn(O)cc1)Nc1ccc(F)c(F)c1F. The topological polar surface area (TPSA) is 66.6 Å². The molecule has 2 aromatic rings. The van der Waals surface area contributed by atoms with Crippen LogP contribution >= 0.6 is 0 Å². The fourth-order valence-electron chi connectivity index (χ4n) is 1.37. The quantitative estimate of drug-likeness (QED) is 0.623. The molecule has 1 heterocycles. The molecule has 1 aromatic carbocycles. The molecule has 1 aromatic heterocycles. The average Bonchev–Trinajstić information content (AvgIpc) is 2.42. The molecular formula is C12H8F3N3O2. The molecule has 20 heavy (non-hydrogen) atoms. The molecule has 2 rings (SSSR count). The monoisotopic (exact) mass is 283 g/mol. The van der Waals surface area contributed by atoms with Crippen molar-refractivity contribution in [3.8, 4) is 0 Å². The van der Waals surface area contributed by atoms with E-state index < -0.39 is 29.2 Å². The van der Waals surface area contributed by atoms with E-state index in [4.69, 9.17) is 5.21 Å². The third kappa shape index (κ3) is 2.97. The number of hydrogen-bond donors (Lipinski definition) is 2. The second-order valence-corrected chi connectivity index (χ2v) is 3.70. The Bertz CT molecular complexity index is 708. The Labute approximate surface area is 110 Å². The van der Waals surface area contributed by atoms with Gasteiger partial charge >= 0.3 is 6.03 Å². The fraction of sp³-hybridized carbons (Fsp3) is 0. The summed E-state index contributed by atoms with van der Waals surface area (Å²) in [5.41, 5.74) is -0.522. The van der Waals surface area contributed by atoms with E-state index in [-0.39, 0.29) is 5.36 Å². The maximum atomic E-state index is 13.3. The van der Waals surface area contributed by atoms with E-state index in [9.17, 15) is 18.0 Å². The third-order valence-corrected chi connectivity index (χ3v) is 2.30. The zero-order valence-corrected chi connectivity index (χ0v) is 9.85. The van der Waals surface area contributed by atoms with E-state index in [1.54, 1.807) is 0 Å². The number of rotatable bonds is 1. The summed E-state index contributed by atoms with van der Waals surface area (Å²) in [5.74, 6) is -4.54. The lowest BCUT2D eigenvalue weighted by molar-refractivity contribution is 0.184. The van der Waals surface area contributed by atoms with Crippen molar-refractivity contribution in [1.29, 1.82) is 0 Å². The number of carbonyl (C=O) groups is 1. The number of halogens is 3. The second kappa shape index (κ2) is 5.47. The molecule has 0 aliphatic carbocycles. The number of anilines is 1. The molecule has 0 radical (unpaired) electrons. The molecular weight excluding hydrogens is 275 g/mol. The van der Waals surface area contributed by atoms with E-state index in [0.717, 1.165) is 10.8 Å². The molecule has 0 aliphatic rings. The van der Waals surface area contributed by atoms with Crippen LogP contribution in [0.3, 0.4) is 0 Å². The number of pyridine rings is 1. The first-order valence-corrected chi connectivity index (χ1v) is 5.34. The van der Waals surface area contributed by atoms with E-state index in [0.29, 0.717) is 6.07 Å². The van der Waals surface area contributed by atoms with Crippen molar-refractivity contribution in [2.24, 2.45) is 4.99 Å². The van der Waals surface area contributed by atoms with E-state index in [1.807, 2.05) is 5.32 Å². The molecule has 0 aliphatic heterocycles. The second-order valence-electron chi connectivity index (χ2n) is 3.70. The van der Waals surface area contributed by atoms with Crippen LogP contribution in [0, 0.1) is 17.5 Å². The fourth-order valence-corrected chi connectivity index (χ4v) is 1.37. The molecule has 0 saturated carbocycles. The van der Waals surface area contributed by atoms with Crippen LogP contribution in [0.5, 0.6) is 0 Å². The number of hydrogen-bond acceptors (Lipinski definition) is 2. The molecule has 5 nitrogen and oxygen atoms in total. The minimum atomic E-state index is -1.68. The Morgan fingerprint density at radius 2 is 1.75 bits per heavy atom. The Hall–Kier alpha value is -2.77. The maximum absolute atomic E-state index is 13.3. The Morgan fingerprint density at radius 1 is 1.10 bits per heavy atom. The summed E-state index contributed by atoms with van der Waals surface area (Å²) >= 11 is 0. The van der Waals surface area contributed by atoms with E-state index >= 15 is 0 Å². The molecule has 8 heteroatoms. The predicted octanol–water partition coefficient (Wildman–Crippen LogP) is 2.28. The molecule has 0 bridgehead atoms. The Kier molecular flexibility index (Phi) is 3.74. The summed E-state index contributed by atoms with van der Waals surface area (Å²) in [4.78, 5) is 15.0. The molecule has 0 saturated heterocycles. The Morgan fingerprint density at radius 3 is 2.40 bits per heavy atom. The van der Waals surface area contributed by atoms with Gasteiger partial charge in [-0.2, -0.15) is 4.99 Å². The lowest BCUT2D eigenvalue weighted by atomic mass is 10.3. The van der Waals surface area contributed by atoms with Gasteiger partial charge in [0.05, 0.1) is 11.0 Å². The number of nitrogens with zero attached hydrogens (tertiary/aromatic N) is 2. The molecule has 104 valence electrons. The highest BCUT2D eigenvalue weighted by molar-refractivity contribution is 5.90. The van der Waals surface area contributed by atoms with Gasteiger partial charge in [-0.05, 0) is 24.3 Å². The first-order chi connectivity index (χ1) is 9.47. The van der Waals surface area contributed by atoms with Crippen molar-refractivity contribution in [2.75, 3.05) is 5.32 Å². The zero-order chi connectivity index (χ0) is 14.7. The van der Waals surface area contributed by atoms with Gasteiger partial charge < -0.3 is 10.5 Å². The van der Waals surface area contributed by atoms with Gasteiger partial charge in [0.2, 0.25) is 0 Å². The van der Waals surface area contributed by atoms with Gasteiger partial charge in [0.1, 0.15) is 0 Å². The van der Waals surface area contributed by atoms with Crippen molar-refractivity contribution < 1.29 is 23.2 Å². The van der Waals surface area contributed by atoms with Crippen molar-refractivity contribution in [2.45, 2.75) is 0 Å². The van der Waals surface area contributed by atoms with Gasteiger partial charge in [-0.3, -0.25) is 0 Å². The largest absolute Gasteiger partial charge is 0.429 e. The van der Waals surface area contributed by atoms with Crippen LogP contribution in [0.1, 0.15) is 0 Å². The summed E-state index contributed by atoms with van der Waals surface area (Å²) in [5, 5.41) is 11.1. The van der Waals surface area contributed by atoms with Gasteiger partial charge in [-0.1, -0.05) is 0 Å². The average molecular weight is 283 g/mol. The molecule has 2 N–H and O–H groups in total. The maximum Gasteiger partial charge on any atom is 0.346 e. The number of aromatic nitrogens is 1. The van der Waals surface area contributed by atoms with Gasteiger partial charge in [-0.25, -0.2) is 22.7 Å². The van der Waals surface area contributed by atoms with Crippen LogP contribution in [0.15, 0.2) is 41.7 Å². The molecule has 2 amide bonds. The van der Waals surface area contributed by atoms with Crippen molar-refractivity contribution >= 4 is 11.7 Å². The van der Waals surface area contributed by atoms with Crippen molar-refractivity contribution in [3.63, 3.8) is 0 Å². The van der Waals surface area contributed by atoms with Gasteiger partial charge in [0, 0.05) is 12.4 Å². The standard InChI is InChI=1S/C12H8F3N3O2/c13-8-1-2-9(11(15)10(8)14)17-12(19)16-7-3-5-18(20)6-4-7/h1-6,20H,(H,17,19). The van der Waals surface area contributed by atoms with Crippen LogP contribution in [-0.4, -0.2) is 16.0 Å². The molecule has 0 unspecified atom stereocenters. The molecule has 0 spiro atoms. The highest BCUT2D eigenvalue weighted by Gasteiger charge is 2.14. The van der Waals surface area contributed by atoms with Gasteiger partial charge in [0.15, 0.2) is 17.5 Å². The first kappa shape index (κ1) is 13.7. The number of nitrogens with one attached hydrogen (secondary N) is 1. The van der Waals surface area contributed by atoms with E-state index in [1.165, 1.54) is 24.5 Å². The first-order valence-electron chi connectivity index (χ1n) is 5.34. The lowest BCUT2D eigenvalue weighted by Gasteiger charge is -2.04. The number of carbonyl (C=O) groups excluding carboxylic acids is 1. The number of amides is 2. The highest BCUT2D eigenvalue weighted by atomic mass is 19.2.